The molecule has 22 heavy (non-hydrogen) atoms. The highest BCUT2D eigenvalue weighted by Gasteiger charge is 2.37. The first-order valence-corrected chi connectivity index (χ1v) is 6.36. The number of ether oxygens (including phenoxy) is 1. The zero-order chi connectivity index (χ0) is 16.5. The van der Waals surface area contributed by atoms with E-state index in [1.165, 1.54) is 23.1 Å². The van der Waals surface area contributed by atoms with Gasteiger partial charge in [0.05, 0.1) is 5.69 Å². The van der Waals surface area contributed by atoms with Gasteiger partial charge < -0.3 is 20.3 Å². The van der Waals surface area contributed by atoms with E-state index in [-0.39, 0.29) is 18.2 Å². The average molecular weight is 317 g/mol. The van der Waals surface area contributed by atoms with Crippen molar-refractivity contribution in [3.05, 3.63) is 18.2 Å². The first kappa shape index (κ1) is 15.9. The molecule has 120 valence electrons. The van der Waals surface area contributed by atoms with E-state index in [1.807, 2.05) is 0 Å². The molecule has 3 amide bonds. The van der Waals surface area contributed by atoms with E-state index in [0.717, 1.165) is 6.92 Å². The summed E-state index contributed by atoms with van der Waals surface area (Å²) in [7, 11) is 1.54. The predicted octanol–water partition coefficient (Wildman–Crippen LogP) is 2.11. The number of fused-ring (bicyclic) bond motifs is 1. The minimum atomic E-state index is -4.52. The fourth-order valence-corrected chi connectivity index (χ4v) is 1.80. The van der Waals surface area contributed by atoms with E-state index in [2.05, 4.69) is 5.32 Å². The number of anilines is 2. The molecule has 2 N–H and O–H groups in total. The highest BCUT2D eigenvalue weighted by Crippen LogP contribution is 2.33. The third-order valence-corrected chi connectivity index (χ3v) is 3.14. The number of benzene rings is 1. The van der Waals surface area contributed by atoms with Crippen molar-refractivity contribution in [2.45, 2.75) is 19.1 Å². The van der Waals surface area contributed by atoms with E-state index < -0.39 is 18.2 Å². The van der Waals surface area contributed by atoms with Crippen molar-refractivity contribution in [3.8, 4) is 5.75 Å². The van der Waals surface area contributed by atoms with Gasteiger partial charge in [-0.25, -0.2) is 4.79 Å². The van der Waals surface area contributed by atoms with Crippen LogP contribution in [0.1, 0.15) is 6.92 Å². The third-order valence-electron chi connectivity index (χ3n) is 3.14. The number of rotatable bonds is 2. The number of alkyl halides is 3. The minimum absolute atomic E-state index is 0.0835. The molecule has 0 saturated carbocycles. The van der Waals surface area contributed by atoms with Crippen LogP contribution in [0.2, 0.25) is 0 Å². The molecule has 0 bridgehead atoms. The van der Waals surface area contributed by atoms with Crippen LogP contribution in [0.4, 0.5) is 29.3 Å². The van der Waals surface area contributed by atoms with Crippen molar-refractivity contribution in [2.24, 2.45) is 0 Å². The quantitative estimate of drug-likeness (QED) is 0.878. The molecule has 2 rings (SSSR count). The average Bonchev–Trinajstić information content (AvgIpc) is 2.42. The summed E-state index contributed by atoms with van der Waals surface area (Å²) in [5.41, 5.74) is 0.675. The van der Waals surface area contributed by atoms with E-state index in [9.17, 15) is 22.8 Å². The molecule has 1 aromatic rings. The number of likely N-dealkylation sites (N-methyl/N-ethyl adjacent to an activating group) is 1. The number of halogens is 3. The van der Waals surface area contributed by atoms with E-state index in [1.54, 1.807) is 12.4 Å². The van der Waals surface area contributed by atoms with Gasteiger partial charge in [0, 0.05) is 12.7 Å². The van der Waals surface area contributed by atoms with Gasteiger partial charge in [-0.1, -0.05) is 0 Å². The Morgan fingerprint density at radius 3 is 2.73 bits per heavy atom. The van der Waals surface area contributed by atoms with Gasteiger partial charge in [-0.2, -0.15) is 13.2 Å². The summed E-state index contributed by atoms with van der Waals surface area (Å²) in [6.07, 6.45) is -4.52. The molecule has 1 aliphatic heterocycles. The lowest BCUT2D eigenvalue weighted by molar-refractivity contribution is -0.148. The summed E-state index contributed by atoms with van der Waals surface area (Å²) in [5.74, 6) is 0.191. The number of nitrogens with one attached hydrogen (secondary N) is 2. The lowest BCUT2D eigenvalue weighted by Gasteiger charge is -2.26. The fourth-order valence-electron chi connectivity index (χ4n) is 1.80. The first-order valence-electron chi connectivity index (χ1n) is 6.36. The second-order valence-corrected chi connectivity index (χ2v) is 4.79. The maximum atomic E-state index is 12.4. The summed E-state index contributed by atoms with van der Waals surface area (Å²) in [4.78, 5) is 24.4. The van der Waals surface area contributed by atoms with Crippen molar-refractivity contribution in [1.82, 2.24) is 5.32 Å². The zero-order valence-corrected chi connectivity index (χ0v) is 11.8. The monoisotopic (exact) mass is 317 g/mol. The molecular formula is C13H14F3N3O3. The van der Waals surface area contributed by atoms with Crippen molar-refractivity contribution < 1.29 is 27.5 Å². The molecule has 6 nitrogen and oxygen atoms in total. The summed E-state index contributed by atoms with van der Waals surface area (Å²) in [5, 5.41) is 4.07. The maximum absolute atomic E-state index is 12.4. The van der Waals surface area contributed by atoms with Gasteiger partial charge in [0.25, 0.3) is 5.91 Å². The van der Waals surface area contributed by atoms with Gasteiger partial charge in [-0.3, -0.25) is 4.79 Å². The summed E-state index contributed by atoms with van der Waals surface area (Å²) < 4.78 is 42.3. The van der Waals surface area contributed by atoms with Crippen LogP contribution < -0.4 is 20.3 Å². The molecule has 0 spiro atoms. The Morgan fingerprint density at radius 2 is 2.09 bits per heavy atom. The van der Waals surface area contributed by atoms with Gasteiger partial charge in [-0.15, -0.1) is 0 Å². The fraction of sp³-hybridized carbons (Fsp3) is 0.385. The molecule has 1 atom stereocenters. The number of carbonyl (C=O) groups excluding carboxylic acids is 2. The maximum Gasteiger partial charge on any atom is 0.408 e. The van der Waals surface area contributed by atoms with Crippen LogP contribution in [-0.2, 0) is 4.79 Å². The van der Waals surface area contributed by atoms with Gasteiger partial charge in [-0.05, 0) is 25.1 Å². The number of hydrogen-bond acceptors (Lipinski definition) is 3. The normalized spacial score (nSPS) is 15.7. The molecule has 0 fully saturated rings. The van der Waals surface area contributed by atoms with Crippen LogP contribution in [0, 0.1) is 0 Å². The van der Waals surface area contributed by atoms with Crippen LogP contribution in [0.25, 0.3) is 0 Å². The second-order valence-electron chi connectivity index (χ2n) is 4.79. The molecule has 9 heteroatoms. The van der Waals surface area contributed by atoms with Crippen LogP contribution in [0.15, 0.2) is 18.2 Å². The van der Waals surface area contributed by atoms with Gasteiger partial charge in [0.1, 0.15) is 11.8 Å². The van der Waals surface area contributed by atoms with E-state index in [4.69, 9.17) is 4.74 Å². The molecule has 1 unspecified atom stereocenters. The topological polar surface area (TPSA) is 70.7 Å². The minimum Gasteiger partial charge on any atom is -0.482 e. The highest BCUT2D eigenvalue weighted by molar-refractivity contribution is 5.99. The lowest BCUT2D eigenvalue weighted by atomic mass is 10.2. The molecule has 0 saturated heterocycles. The number of amides is 3. The SMILES string of the molecule is CC(NC(=O)Nc1ccc2c(c1)N(C)C(=O)CO2)C(F)(F)F. The highest BCUT2D eigenvalue weighted by atomic mass is 19.4. The van der Waals surface area contributed by atoms with Gasteiger partial charge in [0.2, 0.25) is 0 Å². The number of hydrogen-bond donors (Lipinski definition) is 2. The Labute approximate surface area is 124 Å². The van der Waals surface area contributed by atoms with Crippen molar-refractivity contribution in [2.75, 3.05) is 23.9 Å². The Hall–Kier alpha value is -2.45. The molecule has 1 heterocycles. The van der Waals surface area contributed by atoms with Crippen molar-refractivity contribution >= 4 is 23.3 Å². The number of urea groups is 1. The molecular weight excluding hydrogens is 303 g/mol. The van der Waals surface area contributed by atoms with Crippen LogP contribution in [0.3, 0.4) is 0 Å². The predicted molar refractivity (Wildman–Crippen MR) is 73.0 cm³/mol. The van der Waals surface area contributed by atoms with Gasteiger partial charge >= 0.3 is 12.2 Å². The summed E-state index contributed by atoms with van der Waals surface area (Å²) in [6, 6.07) is 1.49. The number of carbonyl (C=O) groups is 2. The summed E-state index contributed by atoms with van der Waals surface area (Å²) in [6.45, 7) is 0.757. The zero-order valence-electron chi connectivity index (χ0n) is 11.8. The van der Waals surface area contributed by atoms with Gasteiger partial charge in [0.15, 0.2) is 6.61 Å². The lowest BCUT2D eigenvalue weighted by Crippen LogP contribution is -2.45. The Kier molecular flexibility index (Phi) is 4.16. The Balaban J connectivity index is 2.08. The van der Waals surface area contributed by atoms with Crippen LogP contribution >= 0.6 is 0 Å². The molecule has 1 aromatic carbocycles. The van der Waals surface area contributed by atoms with E-state index in [0.29, 0.717) is 11.4 Å². The van der Waals surface area contributed by atoms with E-state index >= 15 is 0 Å². The standard InChI is InChI=1S/C13H14F3N3O3/c1-7(13(14,15)16)17-12(21)18-8-3-4-10-9(5-8)19(2)11(20)6-22-10/h3-5,7H,6H2,1-2H3,(H2,17,18,21). The smallest absolute Gasteiger partial charge is 0.408 e. The Bertz CT molecular complexity index is 604. The molecule has 1 aliphatic rings. The largest absolute Gasteiger partial charge is 0.482 e. The van der Waals surface area contributed by atoms with Crippen molar-refractivity contribution in [3.63, 3.8) is 0 Å². The van der Waals surface area contributed by atoms with Crippen molar-refractivity contribution in [1.29, 1.82) is 0 Å². The second kappa shape index (κ2) is 5.74. The molecule has 0 radical (unpaired) electrons. The Morgan fingerprint density at radius 1 is 1.41 bits per heavy atom. The molecule has 0 aromatic heterocycles. The summed E-state index contributed by atoms with van der Waals surface area (Å²) >= 11 is 0. The first-order chi connectivity index (χ1) is 10.2. The molecule has 0 aliphatic carbocycles. The number of nitrogens with zero attached hydrogens (tertiary/aromatic N) is 1. The third kappa shape index (κ3) is 3.41. The van der Waals surface area contributed by atoms with Crippen LogP contribution in [0.5, 0.6) is 5.75 Å². The van der Waals surface area contributed by atoms with Crippen LogP contribution in [-0.4, -0.2) is 37.8 Å².